The van der Waals surface area contributed by atoms with Crippen molar-refractivity contribution in [2.24, 2.45) is 0 Å². The van der Waals surface area contributed by atoms with E-state index in [0.29, 0.717) is 0 Å². The summed E-state index contributed by atoms with van der Waals surface area (Å²) in [5, 5.41) is 0. The molecule has 1 fully saturated rings. The molecule has 0 bridgehead atoms. The summed E-state index contributed by atoms with van der Waals surface area (Å²) in [6, 6.07) is 30.4. The zero-order chi connectivity index (χ0) is 19.3. The van der Waals surface area contributed by atoms with Crippen LogP contribution >= 0.6 is 0 Å². The van der Waals surface area contributed by atoms with Crippen LogP contribution in [0.2, 0.25) is 0 Å². The van der Waals surface area contributed by atoms with Gasteiger partial charge >= 0.3 is 0 Å². The van der Waals surface area contributed by atoms with Gasteiger partial charge in [0, 0.05) is 13.1 Å². The molecule has 0 aliphatic carbocycles. The van der Waals surface area contributed by atoms with Gasteiger partial charge in [0.15, 0.2) is 5.78 Å². The Balaban J connectivity index is 1.49. The topological polar surface area (TPSA) is 32.8 Å². The summed E-state index contributed by atoms with van der Waals surface area (Å²) in [7, 11) is 0. The Morgan fingerprint density at radius 2 is 1.29 bits per heavy atom. The highest BCUT2D eigenvalue weighted by Gasteiger charge is 2.48. The number of Topliss-reactive ketones (excluding diaryl/α,β-unsaturated/α-hetero) is 1. The summed E-state index contributed by atoms with van der Waals surface area (Å²) < 4.78 is 5.76. The number of ether oxygens (including phenoxy) is 1. The molecule has 3 atom stereocenters. The van der Waals surface area contributed by atoms with E-state index in [0.717, 1.165) is 18.7 Å². The minimum Gasteiger partial charge on any atom is -0.356 e. The summed E-state index contributed by atoms with van der Waals surface area (Å²) in [6.07, 6.45) is -0.446. The fourth-order valence-corrected chi connectivity index (χ4v) is 3.61. The summed E-state index contributed by atoms with van der Waals surface area (Å²) in [5.74, 6) is 0.153. The Kier molecular flexibility index (Phi) is 5.65. The summed E-state index contributed by atoms with van der Waals surface area (Å²) in [6.45, 7) is 3.45. The van der Waals surface area contributed by atoms with Crippen LogP contribution in [0.15, 0.2) is 91.0 Å². The maximum absolute atomic E-state index is 13.1. The highest BCUT2D eigenvalue weighted by molar-refractivity contribution is 5.90. The lowest BCUT2D eigenvalue weighted by Crippen LogP contribution is -2.40. The van der Waals surface area contributed by atoms with Gasteiger partial charge in [0.05, 0.1) is 6.04 Å². The Bertz CT molecular complexity index is 854. The maximum atomic E-state index is 13.1. The van der Waals surface area contributed by atoms with E-state index in [-0.39, 0.29) is 24.0 Å². The minimum atomic E-state index is -0.341. The SMILES string of the molecule is C[C@@H](C(=O)[C@H]1O[C@H]1c1ccccc1)N(Cc1ccccc1)Cc1ccccc1. The first-order valence-corrected chi connectivity index (χ1v) is 9.78. The third-order valence-corrected chi connectivity index (χ3v) is 5.32. The van der Waals surface area contributed by atoms with Gasteiger partial charge in [-0.25, -0.2) is 0 Å². The van der Waals surface area contributed by atoms with Gasteiger partial charge in [0.25, 0.3) is 0 Å². The molecule has 3 nitrogen and oxygen atoms in total. The number of epoxide rings is 1. The standard InChI is InChI=1S/C25H25NO2/c1-19(23(27)25-24(28-25)22-15-9-4-10-16-22)26(17-20-11-5-2-6-12-20)18-21-13-7-3-8-14-21/h2-16,19,24-25H,17-18H2,1H3/t19-,24-,25+/m0/s1. The molecule has 142 valence electrons. The second-order valence-corrected chi connectivity index (χ2v) is 7.34. The molecule has 0 N–H and O–H groups in total. The van der Waals surface area contributed by atoms with Crippen molar-refractivity contribution < 1.29 is 9.53 Å². The second-order valence-electron chi connectivity index (χ2n) is 7.34. The first-order valence-electron chi connectivity index (χ1n) is 9.78. The first kappa shape index (κ1) is 18.6. The zero-order valence-corrected chi connectivity index (χ0v) is 16.1. The lowest BCUT2D eigenvalue weighted by molar-refractivity contribution is -0.125. The van der Waals surface area contributed by atoms with Crippen molar-refractivity contribution in [3.8, 4) is 0 Å². The molecule has 28 heavy (non-hydrogen) atoms. The molecule has 0 amide bonds. The predicted octanol–water partition coefficient (Wildman–Crippen LogP) is 4.79. The van der Waals surface area contributed by atoms with E-state index in [1.165, 1.54) is 11.1 Å². The molecule has 1 aliphatic heterocycles. The summed E-state index contributed by atoms with van der Waals surface area (Å²) in [5.41, 5.74) is 3.48. The second kappa shape index (κ2) is 8.51. The van der Waals surface area contributed by atoms with E-state index in [1.54, 1.807) is 0 Å². The highest BCUT2D eigenvalue weighted by Crippen LogP contribution is 2.40. The van der Waals surface area contributed by atoms with E-state index in [2.05, 4.69) is 29.2 Å². The van der Waals surface area contributed by atoms with Gasteiger partial charge in [-0.1, -0.05) is 91.0 Å². The molecule has 1 aliphatic rings. The lowest BCUT2D eigenvalue weighted by Gasteiger charge is -2.28. The summed E-state index contributed by atoms with van der Waals surface area (Å²) in [4.78, 5) is 15.4. The smallest absolute Gasteiger partial charge is 0.181 e. The molecule has 3 heteroatoms. The van der Waals surface area contributed by atoms with Crippen LogP contribution in [0.3, 0.4) is 0 Å². The monoisotopic (exact) mass is 371 g/mol. The number of benzene rings is 3. The number of carbonyl (C=O) groups excluding carboxylic acids is 1. The van der Waals surface area contributed by atoms with Crippen molar-refractivity contribution in [1.82, 2.24) is 4.90 Å². The molecule has 0 spiro atoms. The van der Waals surface area contributed by atoms with Gasteiger partial charge in [-0.05, 0) is 23.6 Å². The van der Waals surface area contributed by atoms with Crippen LogP contribution < -0.4 is 0 Å². The average molecular weight is 371 g/mol. The maximum Gasteiger partial charge on any atom is 0.181 e. The van der Waals surface area contributed by atoms with E-state index in [4.69, 9.17) is 4.74 Å². The van der Waals surface area contributed by atoms with Crippen molar-refractivity contribution in [3.05, 3.63) is 108 Å². The van der Waals surface area contributed by atoms with Gasteiger partial charge < -0.3 is 4.74 Å². The Morgan fingerprint density at radius 3 is 1.79 bits per heavy atom. The fourth-order valence-electron chi connectivity index (χ4n) is 3.61. The first-order chi connectivity index (χ1) is 13.7. The Labute approximate surface area is 166 Å². The molecule has 0 aromatic heterocycles. The van der Waals surface area contributed by atoms with Crippen molar-refractivity contribution >= 4 is 5.78 Å². The summed E-state index contributed by atoms with van der Waals surface area (Å²) >= 11 is 0. The largest absolute Gasteiger partial charge is 0.356 e. The van der Waals surface area contributed by atoms with Crippen LogP contribution in [0.5, 0.6) is 0 Å². The van der Waals surface area contributed by atoms with E-state index >= 15 is 0 Å². The van der Waals surface area contributed by atoms with Gasteiger partial charge in [-0.15, -0.1) is 0 Å². The molecule has 1 heterocycles. The van der Waals surface area contributed by atoms with Gasteiger partial charge in [-0.2, -0.15) is 0 Å². The molecule has 0 saturated carbocycles. The average Bonchev–Trinajstić information content (AvgIpc) is 3.55. The van der Waals surface area contributed by atoms with Crippen LogP contribution in [-0.4, -0.2) is 22.8 Å². The molecule has 1 saturated heterocycles. The molecule has 0 unspecified atom stereocenters. The number of hydrogen-bond acceptors (Lipinski definition) is 3. The molecule has 4 rings (SSSR count). The molecule has 3 aromatic carbocycles. The fraction of sp³-hybridized carbons (Fsp3) is 0.240. The number of ketones is 1. The Hall–Kier alpha value is -2.75. The predicted molar refractivity (Wildman–Crippen MR) is 111 cm³/mol. The van der Waals surface area contributed by atoms with Crippen LogP contribution in [0, 0.1) is 0 Å². The third kappa shape index (κ3) is 4.38. The van der Waals surface area contributed by atoms with Crippen LogP contribution in [0.1, 0.15) is 29.7 Å². The number of carbonyl (C=O) groups is 1. The van der Waals surface area contributed by atoms with E-state index in [1.807, 2.05) is 73.7 Å². The number of rotatable bonds is 8. The van der Waals surface area contributed by atoms with E-state index < -0.39 is 0 Å². The Morgan fingerprint density at radius 1 is 0.821 bits per heavy atom. The van der Waals surface area contributed by atoms with E-state index in [9.17, 15) is 4.79 Å². The van der Waals surface area contributed by atoms with Gasteiger partial charge in [0.1, 0.15) is 12.2 Å². The third-order valence-electron chi connectivity index (χ3n) is 5.32. The van der Waals surface area contributed by atoms with Crippen molar-refractivity contribution in [2.75, 3.05) is 0 Å². The van der Waals surface area contributed by atoms with Crippen molar-refractivity contribution in [3.63, 3.8) is 0 Å². The molecule has 3 aromatic rings. The molecular weight excluding hydrogens is 346 g/mol. The van der Waals surface area contributed by atoms with Crippen LogP contribution in [-0.2, 0) is 22.6 Å². The zero-order valence-electron chi connectivity index (χ0n) is 16.1. The minimum absolute atomic E-state index is 0.105. The normalized spacial score (nSPS) is 19.4. The van der Waals surface area contributed by atoms with Crippen LogP contribution in [0.4, 0.5) is 0 Å². The van der Waals surface area contributed by atoms with Gasteiger partial charge in [0.2, 0.25) is 0 Å². The van der Waals surface area contributed by atoms with Gasteiger partial charge in [-0.3, -0.25) is 9.69 Å². The number of hydrogen-bond donors (Lipinski definition) is 0. The van der Waals surface area contributed by atoms with Crippen molar-refractivity contribution in [2.45, 2.75) is 38.3 Å². The number of nitrogens with zero attached hydrogens (tertiary/aromatic N) is 1. The molecule has 0 radical (unpaired) electrons. The lowest BCUT2D eigenvalue weighted by atomic mass is 10.0. The molecular formula is C25H25NO2. The van der Waals surface area contributed by atoms with Crippen LogP contribution in [0.25, 0.3) is 0 Å². The van der Waals surface area contributed by atoms with Crippen molar-refractivity contribution in [1.29, 1.82) is 0 Å². The highest BCUT2D eigenvalue weighted by atomic mass is 16.6. The quantitative estimate of drug-likeness (QED) is 0.534.